The van der Waals surface area contributed by atoms with Gasteiger partial charge in [0.2, 0.25) is 5.91 Å². The van der Waals surface area contributed by atoms with E-state index in [1.54, 1.807) is 12.1 Å². The van der Waals surface area contributed by atoms with Gasteiger partial charge in [-0.3, -0.25) is 14.9 Å². The summed E-state index contributed by atoms with van der Waals surface area (Å²) in [6, 6.07) is 6.06. The van der Waals surface area contributed by atoms with Gasteiger partial charge in [-0.2, -0.15) is 5.10 Å². The van der Waals surface area contributed by atoms with E-state index in [0.717, 1.165) is 38.5 Å². The lowest BCUT2D eigenvalue weighted by Crippen LogP contribution is -2.21. The molecule has 0 saturated heterocycles. The van der Waals surface area contributed by atoms with E-state index in [1.165, 1.54) is 18.3 Å². The van der Waals surface area contributed by atoms with Crippen molar-refractivity contribution in [3.8, 4) is 0 Å². The van der Waals surface area contributed by atoms with Crippen LogP contribution in [0.25, 0.3) is 0 Å². The summed E-state index contributed by atoms with van der Waals surface area (Å²) in [5.74, 6) is 0.904. The second kappa shape index (κ2) is 9.26. The monoisotopic (exact) mass is 367 g/mol. The number of hydrazone groups is 1. The first kappa shape index (κ1) is 19.0. The van der Waals surface area contributed by atoms with Crippen LogP contribution in [-0.4, -0.2) is 17.0 Å². The number of hydrogen-bond donors (Lipinski definition) is 1. The van der Waals surface area contributed by atoms with Gasteiger partial charge in [-0.1, -0.05) is 24.3 Å². The lowest BCUT2D eigenvalue weighted by atomic mass is 10.1. The molecule has 2 atom stereocenters. The standard InChI is InChI=1S/C21H25N3O3/c25-21(23-22-15-16-11-13-17(14-12-16)24(26)27)20-18-9-7-5-3-1-2-4-6-8-10-19(18)20/h3-6,11-15,18-20H,1-2,7-10H2,(H,23,25). The molecule has 1 saturated carbocycles. The minimum absolute atomic E-state index is 0.0222. The van der Waals surface area contributed by atoms with Gasteiger partial charge in [-0.05, 0) is 68.1 Å². The molecule has 6 nitrogen and oxygen atoms in total. The Labute approximate surface area is 159 Å². The molecule has 27 heavy (non-hydrogen) atoms. The molecule has 142 valence electrons. The van der Waals surface area contributed by atoms with Crippen molar-refractivity contribution in [2.45, 2.75) is 38.5 Å². The number of benzene rings is 1. The van der Waals surface area contributed by atoms with E-state index in [0.29, 0.717) is 17.4 Å². The first-order chi connectivity index (χ1) is 13.2. The van der Waals surface area contributed by atoms with E-state index in [1.807, 2.05) is 0 Å². The number of nitro groups is 1. The highest BCUT2D eigenvalue weighted by Crippen LogP contribution is 2.52. The average Bonchev–Trinajstić information content (AvgIpc) is 3.34. The molecule has 1 fully saturated rings. The summed E-state index contributed by atoms with van der Waals surface area (Å²) in [6.45, 7) is 0. The summed E-state index contributed by atoms with van der Waals surface area (Å²) in [5.41, 5.74) is 3.39. The van der Waals surface area contributed by atoms with Gasteiger partial charge in [0.25, 0.3) is 5.69 Å². The quantitative estimate of drug-likeness (QED) is 0.371. The summed E-state index contributed by atoms with van der Waals surface area (Å²) >= 11 is 0. The number of nitrogens with one attached hydrogen (secondary N) is 1. The molecule has 1 aromatic rings. The van der Waals surface area contributed by atoms with Crippen LogP contribution in [0.5, 0.6) is 0 Å². The number of allylic oxidation sites excluding steroid dienone is 4. The Balaban J connectivity index is 1.53. The van der Waals surface area contributed by atoms with Crippen LogP contribution in [0.15, 0.2) is 53.7 Å². The summed E-state index contributed by atoms with van der Waals surface area (Å²) in [5, 5.41) is 14.7. The van der Waals surface area contributed by atoms with Crippen LogP contribution in [0.2, 0.25) is 0 Å². The smallest absolute Gasteiger partial charge is 0.269 e. The van der Waals surface area contributed by atoms with Gasteiger partial charge in [-0.25, -0.2) is 5.43 Å². The van der Waals surface area contributed by atoms with Crippen molar-refractivity contribution in [2.75, 3.05) is 0 Å². The van der Waals surface area contributed by atoms with Crippen molar-refractivity contribution in [1.29, 1.82) is 0 Å². The molecule has 0 spiro atoms. The van der Waals surface area contributed by atoms with Crippen LogP contribution in [0.4, 0.5) is 5.69 Å². The minimum atomic E-state index is -0.443. The van der Waals surface area contributed by atoms with Crippen LogP contribution < -0.4 is 5.43 Å². The van der Waals surface area contributed by atoms with E-state index in [-0.39, 0.29) is 17.5 Å². The summed E-state index contributed by atoms with van der Waals surface area (Å²) < 4.78 is 0. The fourth-order valence-electron chi connectivity index (χ4n) is 3.79. The molecule has 1 amide bonds. The zero-order valence-corrected chi connectivity index (χ0v) is 15.3. The average molecular weight is 367 g/mol. The second-order valence-electron chi connectivity index (χ2n) is 7.11. The highest BCUT2D eigenvalue weighted by Gasteiger charge is 2.52. The molecular formula is C21H25N3O3. The van der Waals surface area contributed by atoms with Gasteiger partial charge in [-0.15, -0.1) is 0 Å². The number of nitro benzene ring substituents is 1. The summed E-state index contributed by atoms with van der Waals surface area (Å²) in [4.78, 5) is 22.7. The first-order valence-corrected chi connectivity index (χ1v) is 9.54. The number of carbonyl (C=O) groups is 1. The molecule has 2 aliphatic carbocycles. The number of amides is 1. The molecular weight excluding hydrogens is 342 g/mol. The Kier molecular flexibility index (Phi) is 6.52. The van der Waals surface area contributed by atoms with Crippen LogP contribution in [0, 0.1) is 27.9 Å². The zero-order chi connectivity index (χ0) is 19.1. The highest BCUT2D eigenvalue weighted by molar-refractivity contribution is 5.85. The molecule has 0 radical (unpaired) electrons. The first-order valence-electron chi connectivity index (χ1n) is 9.54. The number of rotatable bonds is 4. The molecule has 0 bridgehead atoms. The summed E-state index contributed by atoms with van der Waals surface area (Å²) in [7, 11) is 0. The zero-order valence-electron chi connectivity index (χ0n) is 15.3. The van der Waals surface area contributed by atoms with Gasteiger partial charge in [0.1, 0.15) is 0 Å². The third-order valence-corrected chi connectivity index (χ3v) is 5.29. The van der Waals surface area contributed by atoms with Crippen molar-refractivity contribution < 1.29 is 9.72 Å². The number of fused-ring (bicyclic) bond motifs is 1. The fourth-order valence-corrected chi connectivity index (χ4v) is 3.79. The highest BCUT2D eigenvalue weighted by atomic mass is 16.6. The van der Waals surface area contributed by atoms with Crippen molar-refractivity contribution >= 4 is 17.8 Å². The van der Waals surface area contributed by atoms with Crippen molar-refractivity contribution in [1.82, 2.24) is 5.43 Å². The molecule has 1 N–H and O–H groups in total. The molecule has 1 aromatic carbocycles. The maximum atomic E-state index is 12.5. The SMILES string of the molecule is O=C(NN=Cc1ccc([N+](=O)[O-])cc1)C1C2CCC=CCCC=CCCC21. The van der Waals surface area contributed by atoms with Gasteiger partial charge in [0.05, 0.1) is 11.1 Å². The lowest BCUT2D eigenvalue weighted by molar-refractivity contribution is -0.384. The normalized spacial score (nSPS) is 25.3. The van der Waals surface area contributed by atoms with Gasteiger partial charge < -0.3 is 0 Å². The number of carbonyl (C=O) groups excluding carboxylic acids is 1. The largest absolute Gasteiger partial charge is 0.273 e. The minimum Gasteiger partial charge on any atom is -0.273 e. The van der Waals surface area contributed by atoms with Crippen molar-refractivity contribution in [2.24, 2.45) is 22.9 Å². The number of hydrogen-bond acceptors (Lipinski definition) is 4. The second-order valence-corrected chi connectivity index (χ2v) is 7.11. The van der Waals surface area contributed by atoms with Crippen LogP contribution in [-0.2, 0) is 4.79 Å². The molecule has 3 rings (SSSR count). The number of nitrogens with zero attached hydrogens (tertiary/aromatic N) is 2. The van der Waals surface area contributed by atoms with Gasteiger partial charge in [0, 0.05) is 18.1 Å². The molecule has 2 unspecified atom stereocenters. The van der Waals surface area contributed by atoms with Crippen molar-refractivity contribution in [3.05, 3.63) is 64.2 Å². The lowest BCUT2D eigenvalue weighted by Gasteiger charge is -1.99. The molecule has 6 heteroatoms. The third kappa shape index (κ3) is 5.36. The topological polar surface area (TPSA) is 84.6 Å². The van der Waals surface area contributed by atoms with E-state index in [2.05, 4.69) is 34.8 Å². The maximum Gasteiger partial charge on any atom is 0.269 e. The van der Waals surface area contributed by atoms with Crippen LogP contribution in [0.1, 0.15) is 44.1 Å². The van der Waals surface area contributed by atoms with E-state index in [4.69, 9.17) is 0 Å². The molecule has 2 aliphatic rings. The maximum absolute atomic E-state index is 12.5. The number of non-ortho nitro benzene ring substituents is 1. The fraction of sp³-hybridized carbons (Fsp3) is 0.429. The van der Waals surface area contributed by atoms with E-state index in [9.17, 15) is 14.9 Å². The van der Waals surface area contributed by atoms with E-state index >= 15 is 0 Å². The molecule has 0 aliphatic heterocycles. The Morgan fingerprint density at radius 1 is 1.00 bits per heavy atom. The Morgan fingerprint density at radius 3 is 2.11 bits per heavy atom. The van der Waals surface area contributed by atoms with Gasteiger partial charge in [0.15, 0.2) is 0 Å². The van der Waals surface area contributed by atoms with Gasteiger partial charge >= 0.3 is 0 Å². The predicted octanol–water partition coefficient (Wildman–Crippen LogP) is 4.37. The predicted molar refractivity (Wildman–Crippen MR) is 105 cm³/mol. The Bertz CT molecular complexity index is 728. The Morgan fingerprint density at radius 2 is 1.56 bits per heavy atom. The van der Waals surface area contributed by atoms with Crippen LogP contribution >= 0.6 is 0 Å². The summed E-state index contributed by atoms with van der Waals surface area (Å²) in [6.07, 6.45) is 16.8. The third-order valence-electron chi connectivity index (χ3n) is 5.29. The van der Waals surface area contributed by atoms with Crippen LogP contribution in [0.3, 0.4) is 0 Å². The molecule has 0 heterocycles. The molecule has 0 aromatic heterocycles. The van der Waals surface area contributed by atoms with Crippen molar-refractivity contribution in [3.63, 3.8) is 0 Å². The Hall–Kier alpha value is -2.76. The van der Waals surface area contributed by atoms with E-state index < -0.39 is 4.92 Å².